The fourth-order valence-corrected chi connectivity index (χ4v) is 4.71. The Morgan fingerprint density at radius 2 is 1.73 bits per heavy atom. The summed E-state index contributed by atoms with van der Waals surface area (Å²) in [6.07, 6.45) is 4.27. The number of rotatable bonds is 2. The van der Waals surface area contributed by atoms with Crippen LogP contribution in [0.15, 0.2) is 48.5 Å². The van der Waals surface area contributed by atoms with Gasteiger partial charge in [0.1, 0.15) is 0 Å². The minimum absolute atomic E-state index is 0.0205. The van der Waals surface area contributed by atoms with E-state index in [0.717, 1.165) is 25.7 Å². The van der Waals surface area contributed by atoms with Crippen molar-refractivity contribution >= 4 is 11.7 Å². The molecule has 2 saturated heterocycles. The summed E-state index contributed by atoms with van der Waals surface area (Å²) in [6.45, 7) is 0.204. The summed E-state index contributed by atoms with van der Waals surface area (Å²) in [6, 6.07) is 16.9. The second-order valence-electron chi connectivity index (χ2n) is 7.34. The minimum Gasteiger partial charge on any atom is -0.454 e. The van der Waals surface area contributed by atoms with Crippen LogP contribution in [0.5, 0.6) is 11.5 Å². The van der Waals surface area contributed by atoms with E-state index in [-0.39, 0.29) is 12.8 Å². The van der Waals surface area contributed by atoms with E-state index >= 15 is 0 Å². The number of carbonyl (C=O) groups excluding carboxylic acids is 1. The Hall–Kier alpha value is -2.69. The zero-order valence-electron chi connectivity index (χ0n) is 14.6. The van der Waals surface area contributed by atoms with Crippen molar-refractivity contribution in [1.82, 2.24) is 4.90 Å². The molecule has 5 rings (SSSR count). The molecule has 2 aromatic rings. The van der Waals surface area contributed by atoms with E-state index in [1.54, 1.807) is 0 Å². The normalized spacial score (nSPS) is 26.0. The fraction of sp³-hybridized carbons (Fsp3) is 0.381. The number of hydrogen-bond donors (Lipinski definition) is 1. The second kappa shape index (κ2) is 6.24. The Balaban J connectivity index is 1.32. The maximum atomic E-state index is 13.0. The molecule has 3 heterocycles. The van der Waals surface area contributed by atoms with E-state index in [1.165, 1.54) is 5.56 Å². The Morgan fingerprint density at radius 3 is 2.50 bits per heavy atom. The lowest BCUT2D eigenvalue weighted by Crippen LogP contribution is -2.48. The molecule has 2 aromatic carbocycles. The second-order valence-corrected chi connectivity index (χ2v) is 7.34. The summed E-state index contributed by atoms with van der Waals surface area (Å²) >= 11 is 0. The lowest BCUT2D eigenvalue weighted by atomic mass is 9.85. The van der Waals surface area contributed by atoms with Gasteiger partial charge in [0.15, 0.2) is 11.5 Å². The van der Waals surface area contributed by atoms with E-state index in [2.05, 4.69) is 40.5 Å². The van der Waals surface area contributed by atoms with Crippen molar-refractivity contribution in [3.05, 3.63) is 54.1 Å². The van der Waals surface area contributed by atoms with Crippen molar-refractivity contribution in [2.45, 2.75) is 43.7 Å². The molecule has 0 radical (unpaired) electrons. The molecule has 26 heavy (non-hydrogen) atoms. The van der Waals surface area contributed by atoms with Gasteiger partial charge < -0.3 is 19.7 Å². The maximum Gasteiger partial charge on any atom is 0.322 e. The molecule has 2 bridgehead atoms. The van der Waals surface area contributed by atoms with Crippen molar-refractivity contribution in [2.24, 2.45) is 0 Å². The number of fused-ring (bicyclic) bond motifs is 3. The van der Waals surface area contributed by atoms with Gasteiger partial charge in [0.2, 0.25) is 6.79 Å². The molecular formula is C21H22N2O3. The number of nitrogens with one attached hydrogen (secondary N) is 1. The van der Waals surface area contributed by atoms with Crippen LogP contribution in [-0.4, -0.2) is 29.8 Å². The molecule has 0 spiro atoms. The lowest BCUT2D eigenvalue weighted by Gasteiger charge is -2.39. The third-order valence-corrected chi connectivity index (χ3v) is 5.88. The van der Waals surface area contributed by atoms with Gasteiger partial charge in [0, 0.05) is 12.1 Å². The summed E-state index contributed by atoms with van der Waals surface area (Å²) in [5, 5.41) is 3.05. The molecule has 2 fully saturated rings. The first-order valence-electron chi connectivity index (χ1n) is 9.32. The number of carbonyl (C=O) groups is 1. The largest absolute Gasteiger partial charge is 0.454 e. The Bertz CT molecular complexity index is 809. The van der Waals surface area contributed by atoms with Crippen LogP contribution in [0.4, 0.5) is 10.5 Å². The van der Waals surface area contributed by atoms with Gasteiger partial charge in [-0.05, 0) is 49.3 Å². The highest BCUT2D eigenvalue weighted by atomic mass is 16.7. The summed E-state index contributed by atoms with van der Waals surface area (Å²) < 4.78 is 10.9. The molecule has 5 nitrogen and oxygen atoms in total. The molecule has 3 aliphatic heterocycles. The van der Waals surface area contributed by atoms with Gasteiger partial charge in [-0.1, -0.05) is 36.4 Å². The summed E-state index contributed by atoms with van der Waals surface area (Å²) in [5.74, 6) is 1.87. The van der Waals surface area contributed by atoms with Gasteiger partial charge in [0.05, 0.1) is 5.69 Å². The molecule has 134 valence electrons. The number of nitrogens with zero attached hydrogens (tertiary/aromatic N) is 1. The fourth-order valence-electron chi connectivity index (χ4n) is 4.71. The average Bonchev–Trinajstić information content (AvgIpc) is 3.25. The number of para-hydroxylation sites is 1. The van der Waals surface area contributed by atoms with Crippen molar-refractivity contribution in [3.8, 4) is 11.5 Å². The third-order valence-electron chi connectivity index (χ3n) is 5.88. The highest BCUT2D eigenvalue weighted by Gasteiger charge is 2.43. The van der Waals surface area contributed by atoms with Crippen LogP contribution in [-0.2, 0) is 0 Å². The SMILES string of the molecule is O=C(Nc1cccc2c1OCO2)N1[C@@H]2CC[C@H]1CC(c1ccccc1)C2. The Kier molecular flexibility index (Phi) is 3.73. The maximum absolute atomic E-state index is 13.0. The van der Waals surface area contributed by atoms with Gasteiger partial charge >= 0.3 is 6.03 Å². The van der Waals surface area contributed by atoms with Crippen LogP contribution >= 0.6 is 0 Å². The first-order chi connectivity index (χ1) is 12.8. The molecule has 0 aliphatic carbocycles. The van der Waals surface area contributed by atoms with Crippen molar-refractivity contribution in [3.63, 3.8) is 0 Å². The number of ether oxygens (including phenoxy) is 2. The van der Waals surface area contributed by atoms with Crippen molar-refractivity contribution < 1.29 is 14.3 Å². The number of amides is 2. The summed E-state index contributed by atoms with van der Waals surface area (Å²) in [5.41, 5.74) is 2.09. The molecular weight excluding hydrogens is 328 g/mol. The highest BCUT2D eigenvalue weighted by molar-refractivity contribution is 5.92. The van der Waals surface area contributed by atoms with E-state index in [4.69, 9.17) is 9.47 Å². The van der Waals surface area contributed by atoms with E-state index in [1.807, 2.05) is 18.2 Å². The van der Waals surface area contributed by atoms with E-state index in [0.29, 0.717) is 35.2 Å². The number of benzene rings is 2. The number of urea groups is 1. The third kappa shape index (κ3) is 2.59. The smallest absolute Gasteiger partial charge is 0.322 e. The van der Waals surface area contributed by atoms with E-state index in [9.17, 15) is 4.79 Å². The van der Waals surface area contributed by atoms with Crippen LogP contribution in [0.2, 0.25) is 0 Å². The van der Waals surface area contributed by atoms with E-state index < -0.39 is 0 Å². The molecule has 2 amide bonds. The Morgan fingerprint density at radius 1 is 0.962 bits per heavy atom. The van der Waals surface area contributed by atoms with Gasteiger partial charge in [-0.3, -0.25) is 0 Å². The topological polar surface area (TPSA) is 50.8 Å². The monoisotopic (exact) mass is 350 g/mol. The molecule has 3 atom stereocenters. The molecule has 0 aromatic heterocycles. The van der Waals surface area contributed by atoms with Crippen molar-refractivity contribution in [1.29, 1.82) is 0 Å². The predicted octanol–water partition coefficient (Wildman–Crippen LogP) is 4.36. The zero-order valence-corrected chi connectivity index (χ0v) is 14.6. The average molecular weight is 350 g/mol. The molecule has 1 unspecified atom stereocenters. The number of piperidine rings is 1. The molecule has 1 N–H and O–H groups in total. The quantitative estimate of drug-likeness (QED) is 0.876. The zero-order chi connectivity index (χ0) is 17.5. The van der Waals surface area contributed by atoms with Crippen LogP contribution < -0.4 is 14.8 Å². The van der Waals surface area contributed by atoms with Crippen LogP contribution in [0.1, 0.15) is 37.2 Å². The predicted molar refractivity (Wildman–Crippen MR) is 98.6 cm³/mol. The number of hydrogen-bond acceptors (Lipinski definition) is 3. The Labute approximate surface area is 152 Å². The first kappa shape index (κ1) is 15.6. The summed E-state index contributed by atoms with van der Waals surface area (Å²) in [4.78, 5) is 15.1. The van der Waals surface area contributed by atoms with Crippen LogP contribution in [0, 0.1) is 0 Å². The standard InChI is InChI=1S/C21H22N2O3/c24-21(22-18-7-4-8-19-20(18)26-13-25-19)23-16-9-10-17(23)12-15(11-16)14-5-2-1-3-6-14/h1-8,15-17H,9-13H2,(H,22,24)/t15?,16-,17+. The van der Waals surface area contributed by atoms with Crippen LogP contribution in [0.3, 0.4) is 0 Å². The van der Waals surface area contributed by atoms with Gasteiger partial charge in [-0.2, -0.15) is 0 Å². The minimum atomic E-state index is -0.0205. The highest BCUT2D eigenvalue weighted by Crippen LogP contribution is 2.44. The molecule has 0 saturated carbocycles. The van der Waals surface area contributed by atoms with Gasteiger partial charge in [-0.15, -0.1) is 0 Å². The number of anilines is 1. The van der Waals surface area contributed by atoms with Gasteiger partial charge in [-0.25, -0.2) is 4.79 Å². The summed E-state index contributed by atoms with van der Waals surface area (Å²) in [7, 11) is 0. The van der Waals surface area contributed by atoms with Crippen molar-refractivity contribution in [2.75, 3.05) is 12.1 Å². The molecule has 5 heteroatoms. The first-order valence-corrected chi connectivity index (χ1v) is 9.32. The van der Waals surface area contributed by atoms with Gasteiger partial charge in [0.25, 0.3) is 0 Å². The molecule has 3 aliphatic rings. The lowest BCUT2D eigenvalue weighted by molar-refractivity contribution is 0.149. The van der Waals surface area contributed by atoms with Crippen LogP contribution in [0.25, 0.3) is 0 Å².